The molecule has 2 atom stereocenters. The van der Waals surface area contributed by atoms with E-state index in [9.17, 15) is 31.5 Å². The van der Waals surface area contributed by atoms with E-state index in [0.29, 0.717) is 12.6 Å². The molecular weight excluding hydrogens is 499 g/mol. The molecule has 2 aromatic carbocycles. The molecular formula is C26H27F5N2O4. The first kappa shape index (κ1) is 26.8. The maximum absolute atomic E-state index is 14.5. The Kier molecular flexibility index (Phi) is 7.20. The van der Waals surface area contributed by atoms with Crippen molar-refractivity contribution in [2.24, 2.45) is 5.41 Å². The average molecular weight is 527 g/mol. The molecule has 37 heavy (non-hydrogen) atoms. The van der Waals surface area contributed by atoms with E-state index in [1.54, 1.807) is 12.1 Å². The zero-order chi connectivity index (χ0) is 27.0. The molecule has 2 heterocycles. The predicted octanol–water partition coefficient (Wildman–Crippen LogP) is 4.29. The Balaban J connectivity index is 1.64. The van der Waals surface area contributed by atoms with E-state index in [0.717, 1.165) is 29.7 Å². The SMILES string of the molecule is COc1ccc(C(OC)(C(=O)N2CCC3(CC2)CC(=O)NCC3c2ccc(F)cc2)C(F)(F)F)cc1F. The molecule has 0 radical (unpaired) electrons. The van der Waals surface area contributed by atoms with Gasteiger partial charge in [0.1, 0.15) is 5.82 Å². The number of nitrogens with zero attached hydrogens (tertiary/aromatic N) is 1. The first-order valence-electron chi connectivity index (χ1n) is 11.7. The van der Waals surface area contributed by atoms with Crippen LogP contribution >= 0.6 is 0 Å². The van der Waals surface area contributed by atoms with E-state index in [1.165, 1.54) is 19.2 Å². The third kappa shape index (κ3) is 4.65. The first-order chi connectivity index (χ1) is 17.5. The molecule has 1 N–H and O–H groups in total. The van der Waals surface area contributed by atoms with Crippen LogP contribution in [0.1, 0.15) is 36.3 Å². The van der Waals surface area contributed by atoms with Crippen LogP contribution in [-0.4, -0.2) is 56.7 Å². The lowest BCUT2D eigenvalue weighted by atomic mass is 9.62. The number of alkyl halides is 3. The van der Waals surface area contributed by atoms with E-state index in [2.05, 4.69) is 5.32 Å². The number of halogens is 5. The van der Waals surface area contributed by atoms with E-state index >= 15 is 0 Å². The normalized spacial score (nSPS) is 21.3. The highest BCUT2D eigenvalue weighted by Crippen LogP contribution is 2.50. The Bertz CT molecular complexity index is 1160. The molecule has 2 saturated heterocycles. The molecule has 0 bridgehead atoms. The summed E-state index contributed by atoms with van der Waals surface area (Å²) in [6, 6.07) is 8.47. The van der Waals surface area contributed by atoms with Gasteiger partial charge in [0.25, 0.3) is 11.5 Å². The van der Waals surface area contributed by atoms with E-state index in [4.69, 9.17) is 9.47 Å². The summed E-state index contributed by atoms with van der Waals surface area (Å²) in [5.41, 5.74) is -3.94. The molecule has 11 heteroatoms. The van der Waals surface area contributed by atoms with Gasteiger partial charge >= 0.3 is 6.18 Å². The van der Waals surface area contributed by atoms with Crippen LogP contribution in [0.3, 0.4) is 0 Å². The molecule has 4 rings (SSSR count). The van der Waals surface area contributed by atoms with Crippen LogP contribution < -0.4 is 10.1 Å². The van der Waals surface area contributed by atoms with Gasteiger partial charge in [-0.25, -0.2) is 8.78 Å². The lowest BCUT2D eigenvalue weighted by Gasteiger charge is -2.50. The highest BCUT2D eigenvalue weighted by molar-refractivity contribution is 5.88. The molecule has 2 amide bonds. The van der Waals surface area contributed by atoms with Crippen molar-refractivity contribution in [2.75, 3.05) is 33.9 Å². The van der Waals surface area contributed by atoms with Crippen molar-refractivity contribution in [2.45, 2.75) is 37.0 Å². The summed E-state index contributed by atoms with van der Waals surface area (Å²) in [6.07, 6.45) is -4.56. The van der Waals surface area contributed by atoms with Gasteiger partial charge in [-0.15, -0.1) is 0 Å². The number of amides is 2. The van der Waals surface area contributed by atoms with Crippen molar-refractivity contribution in [1.29, 1.82) is 0 Å². The largest absolute Gasteiger partial charge is 0.494 e. The number of ether oxygens (including phenoxy) is 2. The maximum Gasteiger partial charge on any atom is 0.430 e. The van der Waals surface area contributed by atoms with Crippen LogP contribution in [0.5, 0.6) is 5.75 Å². The molecule has 1 spiro atoms. The number of nitrogens with one attached hydrogen (secondary N) is 1. The van der Waals surface area contributed by atoms with E-state index in [-0.39, 0.29) is 49.9 Å². The summed E-state index contributed by atoms with van der Waals surface area (Å²) in [5, 5.41) is 2.81. The number of methoxy groups -OCH3 is 2. The van der Waals surface area contributed by atoms with E-state index in [1.807, 2.05) is 0 Å². The summed E-state index contributed by atoms with van der Waals surface area (Å²) in [5.74, 6) is -3.49. The minimum absolute atomic E-state index is 0.0658. The number of benzene rings is 2. The lowest BCUT2D eigenvalue weighted by Crippen LogP contribution is -2.60. The summed E-state index contributed by atoms with van der Waals surface area (Å²) in [7, 11) is 1.93. The van der Waals surface area contributed by atoms with Crippen LogP contribution in [0, 0.1) is 17.0 Å². The Morgan fingerprint density at radius 2 is 1.70 bits per heavy atom. The standard InChI is InChI=1S/C26H27F5N2O4/c1-36-21-8-5-17(13-20(21)28)25(37-2,26(29,30)31)23(35)33-11-9-24(10-12-33)14-22(34)32-15-19(24)16-3-6-18(27)7-4-16/h3-8,13,19H,9-12,14-15H2,1-2H3,(H,32,34). The minimum atomic E-state index is -5.20. The number of piperidine rings is 2. The Morgan fingerprint density at radius 1 is 1.05 bits per heavy atom. The zero-order valence-corrected chi connectivity index (χ0v) is 20.3. The van der Waals surface area contributed by atoms with Gasteiger partial charge in [0.05, 0.1) is 7.11 Å². The van der Waals surface area contributed by atoms with Gasteiger partial charge in [-0.2, -0.15) is 13.2 Å². The maximum atomic E-state index is 14.5. The van der Waals surface area contributed by atoms with Crippen LogP contribution in [0.15, 0.2) is 42.5 Å². The van der Waals surface area contributed by atoms with Gasteiger partial charge in [0.15, 0.2) is 11.6 Å². The molecule has 2 fully saturated rings. The number of carbonyl (C=O) groups excluding carboxylic acids is 2. The van der Waals surface area contributed by atoms with Gasteiger partial charge < -0.3 is 19.7 Å². The predicted molar refractivity (Wildman–Crippen MR) is 123 cm³/mol. The van der Waals surface area contributed by atoms with Gasteiger partial charge in [0.2, 0.25) is 5.91 Å². The average Bonchev–Trinajstić information content (AvgIpc) is 2.85. The van der Waals surface area contributed by atoms with Gasteiger partial charge in [0, 0.05) is 44.6 Å². The topological polar surface area (TPSA) is 67.9 Å². The molecule has 0 aromatic heterocycles. The third-order valence-electron chi connectivity index (χ3n) is 7.64. The third-order valence-corrected chi connectivity index (χ3v) is 7.64. The van der Waals surface area contributed by atoms with Crippen molar-refractivity contribution >= 4 is 11.8 Å². The van der Waals surface area contributed by atoms with Crippen molar-refractivity contribution in [1.82, 2.24) is 10.2 Å². The molecule has 0 aliphatic carbocycles. The Morgan fingerprint density at radius 3 is 2.24 bits per heavy atom. The molecule has 2 aromatic rings. The van der Waals surface area contributed by atoms with Gasteiger partial charge in [-0.05, 0) is 48.1 Å². The van der Waals surface area contributed by atoms with Crippen LogP contribution in [0.25, 0.3) is 0 Å². The second-order valence-electron chi connectivity index (χ2n) is 9.47. The number of carbonyl (C=O) groups is 2. The van der Waals surface area contributed by atoms with Crippen molar-refractivity contribution in [3.05, 3.63) is 65.2 Å². The summed E-state index contributed by atoms with van der Waals surface area (Å²) >= 11 is 0. The quantitative estimate of drug-likeness (QED) is 0.591. The summed E-state index contributed by atoms with van der Waals surface area (Å²) in [6.45, 7) is 0.168. The zero-order valence-electron chi connectivity index (χ0n) is 20.3. The van der Waals surface area contributed by atoms with Crippen LogP contribution in [0.2, 0.25) is 0 Å². The van der Waals surface area contributed by atoms with Gasteiger partial charge in [-0.3, -0.25) is 9.59 Å². The lowest BCUT2D eigenvalue weighted by molar-refractivity contribution is -0.271. The fourth-order valence-electron chi connectivity index (χ4n) is 5.62. The minimum Gasteiger partial charge on any atom is -0.494 e. The number of hydrogen-bond acceptors (Lipinski definition) is 4. The van der Waals surface area contributed by atoms with Gasteiger partial charge in [-0.1, -0.05) is 18.2 Å². The fourth-order valence-corrected chi connectivity index (χ4v) is 5.62. The van der Waals surface area contributed by atoms with E-state index < -0.39 is 40.3 Å². The first-order valence-corrected chi connectivity index (χ1v) is 11.7. The molecule has 6 nitrogen and oxygen atoms in total. The molecule has 2 unspecified atom stereocenters. The fraction of sp³-hybridized carbons (Fsp3) is 0.462. The number of rotatable bonds is 5. The highest BCUT2D eigenvalue weighted by Gasteiger charge is 2.64. The highest BCUT2D eigenvalue weighted by atomic mass is 19.4. The Hall–Kier alpha value is -3.21. The Labute approximate surface area is 210 Å². The number of likely N-dealkylation sites (tertiary alicyclic amines) is 1. The van der Waals surface area contributed by atoms with Crippen LogP contribution in [-0.2, 0) is 19.9 Å². The second kappa shape index (κ2) is 9.92. The van der Waals surface area contributed by atoms with Crippen molar-refractivity contribution in [3.8, 4) is 5.75 Å². The van der Waals surface area contributed by atoms with Crippen molar-refractivity contribution < 1.29 is 41.0 Å². The molecule has 0 saturated carbocycles. The van der Waals surface area contributed by atoms with Crippen LogP contribution in [0.4, 0.5) is 22.0 Å². The summed E-state index contributed by atoms with van der Waals surface area (Å²) in [4.78, 5) is 26.9. The monoisotopic (exact) mass is 526 g/mol. The molecule has 200 valence electrons. The molecule has 2 aliphatic rings. The van der Waals surface area contributed by atoms with Crippen molar-refractivity contribution in [3.63, 3.8) is 0 Å². The molecule has 2 aliphatic heterocycles. The smallest absolute Gasteiger partial charge is 0.430 e. The summed E-state index contributed by atoms with van der Waals surface area (Å²) < 4.78 is 81.0. The number of hydrogen-bond donors (Lipinski definition) is 1. The second-order valence-corrected chi connectivity index (χ2v) is 9.47.